The number of rotatable bonds is 18. The van der Waals surface area contributed by atoms with E-state index in [1.165, 1.54) is 4.90 Å². The van der Waals surface area contributed by atoms with Gasteiger partial charge in [-0.1, -0.05) is 73.9 Å². The predicted octanol–water partition coefficient (Wildman–Crippen LogP) is 5.36. The lowest BCUT2D eigenvalue weighted by atomic mass is 9.80. The van der Waals surface area contributed by atoms with Gasteiger partial charge in [-0.15, -0.1) is 0 Å². The van der Waals surface area contributed by atoms with Crippen LogP contribution in [0.25, 0.3) is 0 Å². The minimum Gasteiger partial charge on any atom is -0.352 e. The highest BCUT2D eigenvalue weighted by molar-refractivity contribution is 6.04. The largest absolute Gasteiger partial charge is 0.352 e. The Labute approximate surface area is 286 Å². The van der Waals surface area contributed by atoms with Gasteiger partial charge in [0, 0.05) is 44.0 Å². The molecule has 1 aliphatic heterocycles. The summed E-state index contributed by atoms with van der Waals surface area (Å²) >= 11 is 0. The predicted molar refractivity (Wildman–Crippen MR) is 188 cm³/mol. The Morgan fingerprint density at radius 2 is 1.58 bits per heavy atom. The third kappa shape index (κ3) is 13.8. The molecule has 1 aliphatic rings. The molecular weight excluding hydrogens is 610 g/mol. The summed E-state index contributed by atoms with van der Waals surface area (Å²) in [6.07, 6.45) is 3.88. The zero-order chi connectivity index (χ0) is 36.2. The van der Waals surface area contributed by atoms with Crippen LogP contribution in [0.4, 0.5) is 10.5 Å². The number of amides is 6. The summed E-state index contributed by atoms with van der Waals surface area (Å²) in [5.41, 5.74) is 6.83. The molecule has 11 heteroatoms. The van der Waals surface area contributed by atoms with E-state index >= 15 is 0 Å². The third-order valence-electron chi connectivity index (χ3n) is 8.71. The van der Waals surface area contributed by atoms with Crippen LogP contribution < -0.4 is 21.7 Å². The van der Waals surface area contributed by atoms with E-state index < -0.39 is 18.0 Å². The van der Waals surface area contributed by atoms with Gasteiger partial charge in [-0.25, -0.2) is 4.79 Å². The van der Waals surface area contributed by atoms with Crippen molar-refractivity contribution < 1.29 is 28.8 Å². The summed E-state index contributed by atoms with van der Waals surface area (Å²) in [5, 5.41) is 8.33. The van der Waals surface area contributed by atoms with E-state index in [1.54, 1.807) is 0 Å². The standard InChI is InChI=1S/C37H59N5O6/c1-24(2)32(41-30(44)14-10-9-11-20-42-31(45)22-28(34(42)47)37(6,7)8)29(43)21-26(13-12-19-39-35(38)48)33(46)40-27-17-15-25(16-18-27)23-36(3,4)5/h15-18,24,26,28,32H,9-14,19-23H2,1-8H3,(H,40,46)(H,41,44)(H3,38,39,48)/t26-,28?,32+/m0/s1. The summed E-state index contributed by atoms with van der Waals surface area (Å²) in [6.45, 7) is 16.7. The number of hydrogen-bond donors (Lipinski definition) is 4. The number of Topliss-reactive ketones (excluding diaryl/α,β-unsaturated/α-hetero) is 1. The van der Waals surface area contributed by atoms with E-state index in [4.69, 9.17) is 5.73 Å². The summed E-state index contributed by atoms with van der Waals surface area (Å²) in [7, 11) is 0. The zero-order valence-electron chi connectivity index (χ0n) is 30.4. The number of nitrogens with one attached hydrogen (secondary N) is 3. The van der Waals surface area contributed by atoms with Gasteiger partial charge < -0.3 is 21.7 Å². The second-order valence-corrected chi connectivity index (χ2v) is 15.8. The van der Waals surface area contributed by atoms with Crippen LogP contribution in [0.5, 0.6) is 0 Å². The maximum atomic E-state index is 13.5. The van der Waals surface area contributed by atoms with Gasteiger partial charge in [-0.2, -0.15) is 0 Å². The van der Waals surface area contributed by atoms with Gasteiger partial charge in [-0.05, 0) is 66.5 Å². The minimum atomic E-state index is -0.762. The average molecular weight is 670 g/mol. The fourth-order valence-corrected chi connectivity index (χ4v) is 6.01. The van der Waals surface area contributed by atoms with Crippen molar-refractivity contribution in [1.29, 1.82) is 0 Å². The Kier molecular flexibility index (Phi) is 15.3. The molecule has 0 aliphatic carbocycles. The lowest BCUT2D eigenvalue weighted by Gasteiger charge is -2.25. The van der Waals surface area contributed by atoms with Crippen molar-refractivity contribution in [3.63, 3.8) is 0 Å². The van der Waals surface area contributed by atoms with Gasteiger partial charge >= 0.3 is 6.03 Å². The molecule has 6 amide bonds. The highest BCUT2D eigenvalue weighted by Crippen LogP contribution is 2.35. The Hall–Kier alpha value is -3.76. The Morgan fingerprint density at radius 1 is 0.938 bits per heavy atom. The smallest absolute Gasteiger partial charge is 0.312 e. The fourth-order valence-electron chi connectivity index (χ4n) is 6.01. The van der Waals surface area contributed by atoms with Gasteiger partial charge in [0.25, 0.3) is 0 Å². The molecule has 268 valence electrons. The minimum absolute atomic E-state index is 0.0684. The summed E-state index contributed by atoms with van der Waals surface area (Å²) in [6, 6.07) is 6.26. The molecule has 0 radical (unpaired) electrons. The molecule has 3 atom stereocenters. The zero-order valence-corrected chi connectivity index (χ0v) is 30.4. The molecular formula is C37H59N5O6. The van der Waals surface area contributed by atoms with Crippen LogP contribution in [-0.2, 0) is 30.4 Å². The SMILES string of the molecule is CC(C)[C@@H](NC(=O)CCCCCN1C(=O)CC(C(C)(C)C)C1=O)C(=O)C[C@H](CCCNC(N)=O)C(=O)Nc1ccc(CC(C)(C)C)cc1. The number of carbonyl (C=O) groups is 6. The number of unbranched alkanes of at least 4 members (excludes halogenated alkanes) is 2. The van der Waals surface area contributed by atoms with E-state index in [0.29, 0.717) is 44.3 Å². The molecule has 1 unspecified atom stereocenters. The lowest BCUT2D eigenvalue weighted by Crippen LogP contribution is -2.45. The topological polar surface area (TPSA) is 168 Å². The van der Waals surface area contributed by atoms with E-state index in [2.05, 4.69) is 36.7 Å². The first-order valence-electron chi connectivity index (χ1n) is 17.4. The van der Waals surface area contributed by atoms with Crippen LogP contribution in [0.3, 0.4) is 0 Å². The van der Waals surface area contributed by atoms with Crippen molar-refractivity contribution in [2.24, 2.45) is 34.3 Å². The number of urea groups is 1. The van der Waals surface area contributed by atoms with Crippen LogP contribution in [0, 0.1) is 28.6 Å². The summed E-state index contributed by atoms with van der Waals surface area (Å²) < 4.78 is 0. The lowest BCUT2D eigenvalue weighted by molar-refractivity contribution is -0.140. The first kappa shape index (κ1) is 40.4. The van der Waals surface area contributed by atoms with Gasteiger partial charge in [0.1, 0.15) is 0 Å². The number of nitrogens with two attached hydrogens (primary N) is 1. The third-order valence-corrected chi connectivity index (χ3v) is 8.71. The highest BCUT2D eigenvalue weighted by atomic mass is 16.2. The number of carbonyl (C=O) groups excluding carboxylic acids is 6. The molecule has 2 rings (SSSR count). The molecule has 0 saturated carbocycles. The van der Waals surface area contributed by atoms with Gasteiger partial charge in [-0.3, -0.25) is 28.9 Å². The molecule has 1 heterocycles. The molecule has 1 fully saturated rings. The molecule has 48 heavy (non-hydrogen) atoms. The van der Waals surface area contributed by atoms with E-state index in [9.17, 15) is 28.8 Å². The number of likely N-dealkylation sites (tertiary alicyclic amines) is 1. The maximum Gasteiger partial charge on any atom is 0.312 e. The number of imide groups is 1. The number of hydrogen-bond acceptors (Lipinski definition) is 6. The second kappa shape index (κ2) is 18.1. The maximum absolute atomic E-state index is 13.5. The molecule has 1 aromatic carbocycles. The Bertz CT molecular complexity index is 1280. The molecule has 0 aromatic heterocycles. The number of primary amides is 1. The van der Waals surface area contributed by atoms with Crippen molar-refractivity contribution in [3.8, 4) is 0 Å². The second-order valence-electron chi connectivity index (χ2n) is 15.8. The number of ketones is 1. The van der Waals surface area contributed by atoms with Crippen LogP contribution in [0.15, 0.2) is 24.3 Å². The normalized spacial score (nSPS) is 16.5. The molecule has 1 saturated heterocycles. The van der Waals surface area contributed by atoms with Gasteiger partial charge in [0.2, 0.25) is 23.6 Å². The fraction of sp³-hybridized carbons (Fsp3) is 0.676. The highest BCUT2D eigenvalue weighted by Gasteiger charge is 2.44. The van der Waals surface area contributed by atoms with Crippen LogP contribution in [0.1, 0.15) is 112 Å². The average Bonchev–Trinajstić information content (AvgIpc) is 3.26. The Morgan fingerprint density at radius 3 is 2.12 bits per heavy atom. The van der Waals surface area contributed by atoms with E-state index in [-0.39, 0.29) is 77.9 Å². The van der Waals surface area contributed by atoms with Crippen LogP contribution >= 0.6 is 0 Å². The first-order valence-corrected chi connectivity index (χ1v) is 17.4. The first-order chi connectivity index (χ1) is 22.3. The van der Waals surface area contributed by atoms with Crippen molar-refractivity contribution in [1.82, 2.24) is 15.5 Å². The number of anilines is 1. The van der Waals surface area contributed by atoms with E-state index in [1.807, 2.05) is 58.9 Å². The Balaban J connectivity index is 1.94. The van der Waals surface area contributed by atoms with Gasteiger partial charge in [0.15, 0.2) is 5.78 Å². The summed E-state index contributed by atoms with van der Waals surface area (Å²) in [4.78, 5) is 77.4. The quantitative estimate of drug-likeness (QED) is 0.121. The number of nitrogens with zero attached hydrogens (tertiary/aromatic N) is 1. The van der Waals surface area contributed by atoms with Crippen molar-refractivity contribution >= 4 is 41.1 Å². The summed E-state index contributed by atoms with van der Waals surface area (Å²) in [5.74, 6) is -2.22. The van der Waals surface area contributed by atoms with Crippen molar-refractivity contribution in [2.45, 2.75) is 119 Å². The van der Waals surface area contributed by atoms with Crippen LogP contribution in [-0.4, -0.2) is 59.5 Å². The number of benzene rings is 1. The molecule has 11 nitrogen and oxygen atoms in total. The molecule has 1 aromatic rings. The molecule has 5 N–H and O–H groups in total. The molecule has 0 spiro atoms. The van der Waals surface area contributed by atoms with E-state index in [0.717, 1.165) is 12.0 Å². The monoisotopic (exact) mass is 669 g/mol. The van der Waals surface area contributed by atoms with Crippen molar-refractivity contribution in [2.75, 3.05) is 18.4 Å². The van der Waals surface area contributed by atoms with Crippen LogP contribution in [0.2, 0.25) is 0 Å². The molecule has 0 bridgehead atoms. The van der Waals surface area contributed by atoms with Crippen molar-refractivity contribution in [3.05, 3.63) is 29.8 Å². The van der Waals surface area contributed by atoms with Gasteiger partial charge in [0.05, 0.1) is 12.0 Å².